The van der Waals surface area contributed by atoms with Gasteiger partial charge in [-0.25, -0.2) is 8.78 Å². The fourth-order valence-electron chi connectivity index (χ4n) is 5.07. The van der Waals surface area contributed by atoms with Gasteiger partial charge < -0.3 is 20.3 Å². The van der Waals surface area contributed by atoms with Gasteiger partial charge in [-0.1, -0.05) is 0 Å². The number of nitrogens with one attached hydrogen (secondary N) is 1. The summed E-state index contributed by atoms with van der Waals surface area (Å²) in [4.78, 5) is 8.44. The quantitative estimate of drug-likeness (QED) is 0.571. The van der Waals surface area contributed by atoms with E-state index in [1.807, 2.05) is 0 Å². The van der Waals surface area contributed by atoms with E-state index < -0.39 is 41.8 Å². The molecule has 12 heteroatoms. The van der Waals surface area contributed by atoms with Crippen molar-refractivity contribution in [2.24, 2.45) is 0 Å². The van der Waals surface area contributed by atoms with Gasteiger partial charge in [0.25, 0.3) is 0 Å². The van der Waals surface area contributed by atoms with Crippen LogP contribution >= 0.6 is 11.6 Å². The topological polar surface area (TPSA) is 109 Å². The zero-order valence-corrected chi connectivity index (χ0v) is 18.7. The molecule has 2 aromatic rings. The van der Waals surface area contributed by atoms with E-state index in [1.54, 1.807) is 23.9 Å². The first-order chi connectivity index (χ1) is 15.6. The number of nitrogen functional groups attached to an aromatic ring is 1. The van der Waals surface area contributed by atoms with Gasteiger partial charge in [0.15, 0.2) is 29.1 Å². The second-order valence-corrected chi connectivity index (χ2v) is 9.73. The Morgan fingerprint density at radius 3 is 2.61 bits per heavy atom. The lowest BCUT2D eigenvalue weighted by Gasteiger charge is -2.31. The molecule has 2 aliphatic heterocycles. The summed E-state index contributed by atoms with van der Waals surface area (Å²) >= 11 is 6.13. The molecule has 3 heterocycles. The molecule has 4 atom stereocenters. The molecule has 33 heavy (non-hydrogen) atoms. The van der Waals surface area contributed by atoms with E-state index in [0.717, 1.165) is 18.9 Å². The van der Waals surface area contributed by atoms with Gasteiger partial charge in [0, 0.05) is 12.5 Å². The highest BCUT2D eigenvalue weighted by atomic mass is 35.5. The van der Waals surface area contributed by atoms with Crippen molar-refractivity contribution in [2.75, 3.05) is 15.8 Å². The number of aromatic nitrogens is 2. The Morgan fingerprint density at radius 2 is 1.88 bits per heavy atom. The molecule has 1 aromatic carbocycles. The highest BCUT2D eigenvalue weighted by Crippen LogP contribution is 2.51. The number of rotatable bonds is 3. The Morgan fingerprint density at radius 1 is 1.18 bits per heavy atom. The normalized spacial score (nSPS) is 30.1. The smallest absolute Gasteiger partial charge is 0.226 e. The number of hydrogen-bond donors (Lipinski definition) is 3. The van der Waals surface area contributed by atoms with Crippen molar-refractivity contribution in [3.63, 3.8) is 0 Å². The Labute approximate surface area is 193 Å². The maximum atomic E-state index is 14.4. The molecule has 0 amide bonds. The summed E-state index contributed by atoms with van der Waals surface area (Å²) in [6, 6.07) is 1.96. The largest absolute Gasteiger partial charge is 0.390 e. The summed E-state index contributed by atoms with van der Waals surface area (Å²) in [5.74, 6) is -2.20. The lowest BCUT2D eigenvalue weighted by Crippen LogP contribution is -2.52. The minimum absolute atomic E-state index is 0.0633. The summed E-state index contributed by atoms with van der Waals surface area (Å²) in [6.45, 7) is 3.57. The Balaban J connectivity index is 1.45. The third-order valence-electron chi connectivity index (χ3n) is 6.59. The van der Waals surface area contributed by atoms with Gasteiger partial charge in [-0.15, -0.1) is 5.53 Å². The van der Waals surface area contributed by atoms with E-state index in [4.69, 9.17) is 26.8 Å². The summed E-state index contributed by atoms with van der Waals surface area (Å²) < 4.78 is 40.4. The van der Waals surface area contributed by atoms with Crippen LogP contribution in [0.25, 0.3) is 0 Å². The SMILES string of the molecule is CC1(C)O[C@@H]2[C@H](O1)[C@@H](O)C[C@H]2N1NN(c2cc(F)c(F)cc2C2CC2)c2c(N)nc(Cl)nc21. The zero-order chi connectivity index (χ0) is 23.2. The van der Waals surface area contributed by atoms with Crippen LogP contribution in [0.1, 0.15) is 44.6 Å². The van der Waals surface area contributed by atoms with Crippen LogP contribution in [0, 0.1) is 11.6 Å². The number of benzene rings is 1. The number of halogens is 3. The minimum Gasteiger partial charge on any atom is -0.390 e. The van der Waals surface area contributed by atoms with Crippen LogP contribution in [-0.4, -0.2) is 45.2 Å². The predicted octanol–water partition coefficient (Wildman–Crippen LogP) is 2.90. The summed E-state index contributed by atoms with van der Waals surface area (Å²) in [7, 11) is 0. The van der Waals surface area contributed by atoms with Gasteiger partial charge in [-0.3, -0.25) is 10.0 Å². The Kier molecular flexibility index (Phi) is 4.57. The highest BCUT2D eigenvalue weighted by Gasteiger charge is 2.57. The second kappa shape index (κ2) is 7.09. The van der Waals surface area contributed by atoms with Gasteiger partial charge in [0.05, 0.1) is 17.8 Å². The molecule has 1 saturated heterocycles. The molecule has 0 spiro atoms. The lowest BCUT2D eigenvalue weighted by molar-refractivity contribution is -0.163. The molecule has 1 aromatic heterocycles. The van der Waals surface area contributed by atoms with Crippen molar-refractivity contribution in [3.8, 4) is 0 Å². The molecule has 0 radical (unpaired) electrons. The third-order valence-corrected chi connectivity index (χ3v) is 6.76. The molecule has 3 fully saturated rings. The number of aliphatic hydroxyl groups is 1. The average molecular weight is 481 g/mol. The molecule has 2 aliphatic carbocycles. The maximum Gasteiger partial charge on any atom is 0.226 e. The number of hydrazine groups is 2. The molecule has 4 N–H and O–H groups in total. The molecule has 0 unspecified atom stereocenters. The zero-order valence-electron chi connectivity index (χ0n) is 17.9. The number of ether oxygens (including phenoxy) is 2. The van der Waals surface area contributed by atoms with Crippen LogP contribution in [0.15, 0.2) is 12.1 Å². The average Bonchev–Trinajstić information content (AvgIpc) is 3.35. The standard InChI is InChI=1S/C21H23ClF2N6O3/c1-21(2)32-16-13(7-14(31)17(16)33-21)30-19-15(18(25)26-20(22)27-19)29(28-30)12-6-11(24)10(23)5-9(12)8-3-4-8/h5-6,8,13-14,16-17,28,31H,3-4,7H2,1-2H3,(H2,25,26,27)/t13-,14+,16+,17-/m1/s1. The first-order valence-electron chi connectivity index (χ1n) is 10.8. The van der Waals surface area contributed by atoms with Crippen molar-refractivity contribution >= 4 is 34.6 Å². The fourth-order valence-corrected chi connectivity index (χ4v) is 5.24. The van der Waals surface area contributed by atoms with E-state index >= 15 is 0 Å². The summed E-state index contributed by atoms with van der Waals surface area (Å²) in [6.07, 6.45) is 0.325. The molecule has 176 valence electrons. The van der Waals surface area contributed by atoms with E-state index in [1.165, 1.54) is 6.07 Å². The van der Waals surface area contributed by atoms with Crippen molar-refractivity contribution in [1.29, 1.82) is 0 Å². The van der Waals surface area contributed by atoms with Crippen LogP contribution < -0.4 is 21.3 Å². The molecule has 6 rings (SSSR count). The summed E-state index contributed by atoms with van der Waals surface area (Å²) in [5, 5.41) is 13.8. The van der Waals surface area contributed by atoms with Crippen molar-refractivity contribution < 1.29 is 23.4 Å². The molecule has 2 saturated carbocycles. The van der Waals surface area contributed by atoms with E-state index in [9.17, 15) is 13.9 Å². The van der Waals surface area contributed by atoms with Crippen LogP contribution in [0.2, 0.25) is 5.28 Å². The molecular weight excluding hydrogens is 458 g/mol. The van der Waals surface area contributed by atoms with E-state index in [0.29, 0.717) is 29.2 Å². The number of anilines is 4. The van der Waals surface area contributed by atoms with Crippen LogP contribution in [0.4, 0.5) is 31.8 Å². The van der Waals surface area contributed by atoms with Gasteiger partial charge in [-0.2, -0.15) is 9.97 Å². The second-order valence-electron chi connectivity index (χ2n) is 9.39. The van der Waals surface area contributed by atoms with Gasteiger partial charge in [-0.05, 0) is 55.8 Å². The number of aliphatic hydroxyl groups excluding tert-OH is 1. The van der Waals surface area contributed by atoms with Crippen molar-refractivity contribution in [2.45, 2.75) is 69.2 Å². The predicted molar refractivity (Wildman–Crippen MR) is 116 cm³/mol. The molecular formula is C21H23ClF2N6O3. The number of fused-ring (bicyclic) bond motifs is 2. The van der Waals surface area contributed by atoms with Crippen LogP contribution in [0.3, 0.4) is 0 Å². The molecule has 0 bridgehead atoms. The summed E-state index contributed by atoms with van der Waals surface area (Å²) in [5.41, 5.74) is 10.9. The maximum absolute atomic E-state index is 14.4. The lowest BCUT2D eigenvalue weighted by atomic mass is 10.1. The Hall–Kier alpha value is -2.31. The van der Waals surface area contributed by atoms with Gasteiger partial charge in [0.1, 0.15) is 17.9 Å². The minimum atomic E-state index is -0.977. The third kappa shape index (κ3) is 3.33. The first kappa shape index (κ1) is 21.2. The van der Waals surface area contributed by atoms with Gasteiger partial charge >= 0.3 is 0 Å². The Bertz CT molecular complexity index is 1150. The number of nitrogens with zero attached hydrogens (tertiary/aromatic N) is 4. The van der Waals surface area contributed by atoms with E-state index in [-0.39, 0.29) is 17.0 Å². The number of nitrogens with two attached hydrogens (primary N) is 1. The fraction of sp³-hybridized carbons (Fsp3) is 0.524. The molecule has 9 nitrogen and oxygen atoms in total. The monoisotopic (exact) mass is 480 g/mol. The highest BCUT2D eigenvalue weighted by molar-refractivity contribution is 6.28. The van der Waals surface area contributed by atoms with E-state index in [2.05, 4.69) is 15.5 Å². The van der Waals surface area contributed by atoms with Crippen LogP contribution in [0.5, 0.6) is 0 Å². The molecule has 4 aliphatic rings. The van der Waals surface area contributed by atoms with Crippen LogP contribution in [-0.2, 0) is 9.47 Å². The first-order valence-corrected chi connectivity index (χ1v) is 11.2. The number of hydrogen-bond acceptors (Lipinski definition) is 9. The van der Waals surface area contributed by atoms with Crippen molar-refractivity contribution in [3.05, 3.63) is 34.6 Å². The van der Waals surface area contributed by atoms with Crippen molar-refractivity contribution in [1.82, 2.24) is 15.5 Å². The van der Waals surface area contributed by atoms with Gasteiger partial charge in [0.2, 0.25) is 5.28 Å².